The molecule has 0 radical (unpaired) electrons. The van der Waals surface area contributed by atoms with Gasteiger partial charge in [-0.1, -0.05) is 15.9 Å². The van der Waals surface area contributed by atoms with E-state index in [1.165, 1.54) is 5.56 Å². The molecule has 5 heteroatoms. The van der Waals surface area contributed by atoms with Gasteiger partial charge in [0.2, 0.25) is 0 Å². The first-order valence-electron chi connectivity index (χ1n) is 4.20. The van der Waals surface area contributed by atoms with Crippen LogP contribution < -0.4 is 0 Å². The maximum Gasteiger partial charge on any atom is 0.106 e. The molecular formula is C10H10BrIN2O. The van der Waals surface area contributed by atoms with Crippen molar-refractivity contribution in [2.45, 2.75) is 6.92 Å². The van der Waals surface area contributed by atoms with E-state index in [1.807, 2.05) is 29.1 Å². The molecule has 1 aromatic carbocycles. The third-order valence-corrected chi connectivity index (χ3v) is 2.40. The van der Waals surface area contributed by atoms with Crippen molar-refractivity contribution in [2.24, 2.45) is 0 Å². The van der Waals surface area contributed by atoms with E-state index in [9.17, 15) is 0 Å². The molecule has 0 aliphatic heterocycles. The predicted molar refractivity (Wildman–Crippen MR) is 72.2 cm³/mol. The first-order chi connectivity index (χ1) is 7.27. The summed E-state index contributed by atoms with van der Waals surface area (Å²) < 4.78 is 9.93. The lowest BCUT2D eigenvalue weighted by Crippen LogP contribution is -1.96. The zero-order valence-electron chi connectivity index (χ0n) is 8.06. The van der Waals surface area contributed by atoms with Gasteiger partial charge in [0.15, 0.2) is 0 Å². The van der Waals surface area contributed by atoms with Gasteiger partial charge in [-0.05, 0) is 36.8 Å². The lowest BCUT2D eigenvalue weighted by molar-refractivity contribution is 0.748. The Hall–Kier alpha value is -0.400. The van der Waals surface area contributed by atoms with Gasteiger partial charge >= 0.3 is 0 Å². The van der Waals surface area contributed by atoms with Crippen LogP contribution in [0.25, 0.3) is 5.69 Å². The highest BCUT2D eigenvalue weighted by molar-refractivity contribution is 14.1. The minimum Gasteiger partial charge on any atom is -0.331 e. The maximum absolute atomic E-state index is 6.97. The number of hydrogen-bond acceptors (Lipinski definition) is 2. The first-order valence-corrected chi connectivity index (χ1v) is 5.96. The fraction of sp³-hybridized carbons (Fsp3) is 0.100. The van der Waals surface area contributed by atoms with Gasteiger partial charge < -0.3 is 3.44 Å². The average Bonchev–Trinajstić information content (AvgIpc) is 2.74. The molecule has 0 amide bonds. The number of halogens is 2. The molecule has 0 aliphatic carbocycles. The van der Waals surface area contributed by atoms with Gasteiger partial charge in [-0.15, -0.1) is 0 Å². The zero-order chi connectivity index (χ0) is 11.3. The van der Waals surface area contributed by atoms with Crippen LogP contribution in [-0.2, 0) is 0 Å². The highest BCUT2D eigenvalue weighted by Gasteiger charge is 2.00. The van der Waals surface area contributed by atoms with E-state index in [-0.39, 0.29) is 0 Å². The van der Waals surface area contributed by atoms with Crippen LogP contribution in [0.4, 0.5) is 0 Å². The molecule has 1 aromatic heterocycles. The Morgan fingerprint density at radius 3 is 2.67 bits per heavy atom. The Morgan fingerprint density at radius 2 is 2.13 bits per heavy atom. The van der Waals surface area contributed by atoms with Crippen molar-refractivity contribution in [2.75, 3.05) is 0 Å². The summed E-state index contributed by atoms with van der Waals surface area (Å²) in [5, 5.41) is 4.18. The number of aryl methyl sites for hydroxylation is 1. The van der Waals surface area contributed by atoms with Crippen LogP contribution in [0.5, 0.6) is 0 Å². The fourth-order valence-corrected chi connectivity index (χ4v) is 1.76. The van der Waals surface area contributed by atoms with E-state index in [0.29, 0.717) is 0 Å². The number of aromatic nitrogens is 2. The molecule has 2 aromatic rings. The topological polar surface area (TPSA) is 38.0 Å². The van der Waals surface area contributed by atoms with Gasteiger partial charge in [0.25, 0.3) is 0 Å². The van der Waals surface area contributed by atoms with Gasteiger partial charge in [-0.2, -0.15) is 5.10 Å². The van der Waals surface area contributed by atoms with E-state index in [0.717, 1.165) is 33.2 Å². The van der Waals surface area contributed by atoms with E-state index in [1.54, 1.807) is 6.20 Å². The Bertz CT molecular complexity index is 417. The summed E-state index contributed by atoms with van der Waals surface area (Å²) in [6, 6.07) is 8.06. The number of benzene rings is 1. The Labute approximate surface area is 111 Å². The zero-order valence-corrected chi connectivity index (χ0v) is 11.8. The van der Waals surface area contributed by atoms with Crippen LogP contribution >= 0.6 is 38.9 Å². The van der Waals surface area contributed by atoms with Gasteiger partial charge in [-0.25, -0.2) is 4.68 Å². The van der Waals surface area contributed by atoms with Gasteiger partial charge in [0, 0.05) is 16.9 Å². The molecule has 0 unspecified atom stereocenters. The summed E-state index contributed by atoms with van der Waals surface area (Å²) in [6.45, 7) is 2.07. The Kier molecular flexibility index (Phi) is 5.27. The molecule has 0 atom stereocenters. The van der Waals surface area contributed by atoms with Crippen LogP contribution in [-0.4, -0.2) is 13.2 Å². The van der Waals surface area contributed by atoms with Gasteiger partial charge in [0.1, 0.15) is 23.0 Å². The van der Waals surface area contributed by atoms with Crippen LogP contribution in [0, 0.1) is 6.92 Å². The lowest BCUT2D eigenvalue weighted by Gasteiger charge is -2.05. The lowest BCUT2D eigenvalue weighted by atomic mass is 10.2. The fourth-order valence-electron chi connectivity index (χ4n) is 1.29. The van der Waals surface area contributed by atoms with Crippen molar-refractivity contribution in [1.29, 1.82) is 0 Å². The van der Waals surface area contributed by atoms with Crippen molar-refractivity contribution in [3.05, 3.63) is 46.7 Å². The second-order valence-corrected chi connectivity index (χ2v) is 3.80. The number of hydrogen-bond donors (Lipinski definition) is 1. The monoisotopic (exact) mass is 380 g/mol. The average molecular weight is 381 g/mol. The molecule has 0 bridgehead atoms. The van der Waals surface area contributed by atoms with Gasteiger partial charge in [0.05, 0.1) is 5.69 Å². The number of nitrogens with zero attached hydrogens (tertiary/aromatic N) is 2. The highest BCUT2D eigenvalue weighted by atomic mass is 127. The largest absolute Gasteiger partial charge is 0.331 e. The van der Waals surface area contributed by atoms with E-state index >= 15 is 0 Å². The van der Waals surface area contributed by atoms with Gasteiger partial charge in [-0.3, -0.25) is 0 Å². The second kappa shape index (κ2) is 6.24. The van der Waals surface area contributed by atoms with Crippen LogP contribution in [0.15, 0.2) is 41.1 Å². The SMILES string of the molecule is Cc1cc(Br)ccc1-n1cccn1.OI. The molecular weight excluding hydrogens is 371 g/mol. The third-order valence-electron chi connectivity index (χ3n) is 1.91. The molecule has 0 saturated carbocycles. The summed E-state index contributed by atoms with van der Waals surface area (Å²) in [5.41, 5.74) is 2.33. The van der Waals surface area contributed by atoms with Crippen LogP contribution in [0.1, 0.15) is 5.56 Å². The molecule has 0 saturated heterocycles. The minimum atomic E-state index is 1.10. The molecule has 80 valence electrons. The van der Waals surface area contributed by atoms with E-state index in [2.05, 4.69) is 34.0 Å². The van der Waals surface area contributed by atoms with Crippen LogP contribution in [0.2, 0.25) is 0 Å². The smallest absolute Gasteiger partial charge is 0.106 e. The molecule has 0 spiro atoms. The third kappa shape index (κ3) is 3.29. The number of rotatable bonds is 1. The molecule has 2 rings (SSSR count). The summed E-state index contributed by atoms with van der Waals surface area (Å²) in [7, 11) is 0. The molecule has 3 nitrogen and oxygen atoms in total. The molecule has 0 aliphatic rings. The molecule has 15 heavy (non-hydrogen) atoms. The van der Waals surface area contributed by atoms with Crippen molar-refractivity contribution in [3.63, 3.8) is 0 Å². The Morgan fingerprint density at radius 1 is 1.40 bits per heavy atom. The molecule has 1 heterocycles. The van der Waals surface area contributed by atoms with E-state index < -0.39 is 0 Å². The quantitative estimate of drug-likeness (QED) is 0.771. The normalized spacial score (nSPS) is 9.33. The summed E-state index contributed by atoms with van der Waals surface area (Å²) in [6.07, 6.45) is 3.72. The van der Waals surface area contributed by atoms with Crippen LogP contribution in [0.3, 0.4) is 0 Å². The first kappa shape index (κ1) is 12.7. The summed E-state index contributed by atoms with van der Waals surface area (Å²) in [5.74, 6) is 0. The maximum atomic E-state index is 6.97. The highest BCUT2D eigenvalue weighted by Crippen LogP contribution is 2.18. The second-order valence-electron chi connectivity index (χ2n) is 2.88. The van der Waals surface area contributed by atoms with Crippen molar-refractivity contribution >= 4 is 38.9 Å². The molecule has 0 fully saturated rings. The Balaban J connectivity index is 0.000000531. The van der Waals surface area contributed by atoms with Crippen molar-refractivity contribution in [3.8, 4) is 5.69 Å². The van der Waals surface area contributed by atoms with E-state index in [4.69, 9.17) is 3.44 Å². The molecule has 1 N–H and O–H groups in total. The minimum absolute atomic E-state index is 1.10. The summed E-state index contributed by atoms with van der Waals surface area (Å²) in [4.78, 5) is 0. The van der Waals surface area contributed by atoms with Crippen molar-refractivity contribution < 1.29 is 3.44 Å². The summed E-state index contributed by atoms with van der Waals surface area (Å²) >= 11 is 4.58. The van der Waals surface area contributed by atoms with Crippen molar-refractivity contribution in [1.82, 2.24) is 9.78 Å². The standard InChI is InChI=1S/C10H9BrN2.HIO/c1-8-7-9(11)3-4-10(8)13-6-2-5-12-13;1-2/h2-7H,1H3;2H. The predicted octanol–water partition coefficient (Wildman–Crippen LogP) is 3.27.